The van der Waals surface area contributed by atoms with Crippen molar-refractivity contribution in [3.63, 3.8) is 0 Å². The van der Waals surface area contributed by atoms with Crippen LogP contribution in [0.2, 0.25) is 0 Å². The highest BCUT2D eigenvalue weighted by Crippen LogP contribution is 2.35. The van der Waals surface area contributed by atoms with Crippen LogP contribution in [0, 0.1) is 11.7 Å². The van der Waals surface area contributed by atoms with Crippen molar-refractivity contribution < 1.29 is 33.0 Å². The quantitative estimate of drug-likeness (QED) is 0.327. The van der Waals surface area contributed by atoms with Crippen molar-refractivity contribution in [2.24, 2.45) is 5.92 Å². The predicted molar refractivity (Wildman–Crippen MR) is 177 cm³/mol. The largest absolute Gasteiger partial charge is 0.497 e. The molecule has 254 valence electrons. The van der Waals surface area contributed by atoms with Crippen molar-refractivity contribution in [3.8, 4) is 5.75 Å². The molecule has 2 aromatic carbocycles. The number of pyridine rings is 1. The van der Waals surface area contributed by atoms with Gasteiger partial charge in [-0.25, -0.2) is 19.0 Å². The lowest BCUT2D eigenvalue weighted by atomic mass is 9.82. The summed E-state index contributed by atoms with van der Waals surface area (Å²) in [4.78, 5) is 62.3. The molecule has 0 aliphatic carbocycles. The number of urea groups is 1. The molecule has 3 aromatic rings. The van der Waals surface area contributed by atoms with Crippen LogP contribution < -0.4 is 15.0 Å². The molecule has 2 aliphatic rings. The van der Waals surface area contributed by atoms with Gasteiger partial charge >= 0.3 is 12.1 Å². The van der Waals surface area contributed by atoms with E-state index in [1.54, 1.807) is 63.1 Å². The van der Waals surface area contributed by atoms with Gasteiger partial charge in [-0.15, -0.1) is 0 Å². The number of anilines is 1. The molecule has 0 bridgehead atoms. The van der Waals surface area contributed by atoms with Gasteiger partial charge in [0, 0.05) is 32.3 Å². The molecule has 0 spiro atoms. The summed E-state index contributed by atoms with van der Waals surface area (Å²) in [6, 6.07) is 15.5. The average Bonchev–Trinajstić information content (AvgIpc) is 3.07. The van der Waals surface area contributed by atoms with E-state index in [0.717, 1.165) is 22.4 Å². The van der Waals surface area contributed by atoms with E-state index in [-0.39, 0.29) is 24.7 Å². The van der Waals surface area contributed by atoms with Crippen molar-refractivity contribution >= 4 is 29.8 Å². The zero-order valence-electron chi connectivity index (χ0n) is 27.9. The Labute approximate surface area is 280 Å². The second-order valence-electron chi connectivity index (χ2n) is 13.1. The minimum Gasteiger partial charge on any atom is -0.497 e. The van der Waals surface area contributed by atoms with Crippen molar-refractivity contribution in [2.75, 3.05) is 32.1 Å². The molecule has 3 atom stereocenters. The number of imide groups is 1. The highest BCUT2D eigenvalue weighted by atomic mass is 19.1. The highest BCUT2D eigenvalue weighted by molar-refractivity contribution is 6.09. The van der Waals surface area contributed by atoms with Crippen LogP contribution in [0.5, 0.6) is 5.75 Å². The van der Waals surface area contributed by atoms with E-state index < -0.39 is 41.5 Å². The number of nitrogens with zero attached hydrogens (tertiary/aromatic N) is 4. The van der Waals surface area contributed by atoms with Gasteiger partial charge in [-0.3, -0.25) is 19.4 Å². The van der Waals surface area contributed by atoms with E-state index in [4.69, 9.17) is 9.47 Å². The normalized spacial score (nSPS) is 19.3. The summed E-state index contributed by atoms with van der Waals surface area (Å²) in [5.74, 6) is -1.14. The van der Waals surface area contributed by atoms with Gasteiger partial charge in [0.1, 0.15) is 29.0 Å². The number of likely N-dealkylation sites (N-methyl/N-ethyl adjacent to an activating group) is 1. The number of carbonyl (C=O) groups is 4. The van der Waals surface area contributed by atoms with Crippen molar-refractivity contribution in [1.82, 2.24) is 20.1 Å². The lowest BCUT2D eigenvalue weighted by Crippen LogP contribution is -2.70. The molecule has 0 saturated carbocycles. The van der Waals surface area contributed by atoms with E-state index in [1.165, 1.54) is 30.3 Å². The Kier molecular flexibility index (Phi) is 10.3. The molecule has 48 heavy (non-hydrogen) atoms. The molecule has 2 fully saturated rings. The van der Waals surface area contributed by atoms with Crippen LogP contribution in [0.1, 0.15) is 56.2 Å². The van der Waals surface area contributed by atoms with E-state index in [9.17, 15) is 23.6 Å². The highest BCUT2D eigenvalue weighted by Gasteiger charge is 2.55. The van der Waals surface area contributed by atoms with Gasteiger partial charge in [0.25, 0.3) is 0 Å². The van der Waals surface area contributed by atoms with Gasteiger partial charge in [0.15, 0.2) is 0 Å². The molecule has 0 radical (unpaired) electrons. The molecule has 11 nitrogen and oxygen atoms in total. The monoisotopic (exact) mass is 659 g/mol. The predicted octanol–water partition coefficient (Wildman–Crippen LogP) is 5.29. The van der Waals surface area contributed by atoms with E-state index in [0.29, 0.717) is 36.6 Å². The molecule has 1 N–H and O–H groups in total. The van der Waals surface area contributed by atoms with Gasteiger partial charge in [-0.1, -0.05) is 24.3 Å². The van der Waals surface area contributed by atoms with Gasteiger partial charge < -0.3 is 19.7 Å². The maximum Gasteiger partial charge on any atom is 0.416 e. The molecule has 1 aromatic heterocycles. The number of nitrogens with one attached hydrogen (secondary N) is 1. The van der Waals surface area contributed by atoms with Gasteiger partial charge in [-0.05, 0) is 93.1 Å². The van der Waals surface area contributed by atoms with Crippen LogP contribution in [0.3, 0.4) is 0 Å². The average molecular weight is 660 g/mol. The fourth-order valence-electron chi connectivity index (χ4n) is 6.20. The van der Waals surface area contributed by atoms with Crippen LogP contribution in [0.4, 0.5) is 19.8 Å². The zero-order valence-corrected chi connectivity index (χ0v) is 27.9. The fourth-order valence-corrected chi connectivity index (χ4v) is 6.20. The first kappa shape index (κ1) is 34.3. The number of aromatic nitrogens is 1. The Hall–Kier alpha value is -5.00. The summed E-state index contributed by atoms with van der Waals surface area (Å²) in [6.07, 6.45) is 2.56. The first-order chi connectivity index (χ1) is 22.9. The molecule has 12 heteroatoms. The molecule has 5 amide bonds. The number of hydrogen-bond donors (Lipinski definition) is 1. The Morgan fingerprint density at radius 2 is 1.81 bits per heavy atom. The van der Waals surface area contributed by atoms with E-state index in [1.807, 2.05) is 18.2 Å². The SMILES string of the molecule is CNC(=O)[C@@H]1[C@@H](Cc2ccnc(N(Cc3ccc(OC)cc3)C(=O)OC(C)(C)C)c2)C(=O)N1C(=O)N1CCCC(c2cccc(F)c2)C1. The number of rotatable bonds is 8. The number of amides is 5. The summed E-state index contributed by atoms with van der Waals surface area (Å²) in [5.41, 5.74) is 1.51. The number of piperidine rings is 1. The third-order valence-corrected chi connectivity index (χ3v) is 8.60. The molecular weight excluding hydrogens is 617 g/mol. The number of β-lactam (4-membered cyclic amide) rings is 1. The van der Waals surface area contributed by atoms with E-state index >= 15 is 0 Å². The van der Waals surface area contributed by atoms with Crippen LogP contribution in [0.15, 0.2) is 66.9 Å². The Morgan fingerprint density at radius 3 is 2.48 bits per heavy atom. The maximum atomic E-state index is 13.9. The third-order valence-electron chi connectivity index (χ3n) is 8.60. The topological polar surface area (TPSA) is 121 Å². The molecule has 3 heterocycles. The number of ether oxygens (including phenoxy) is 2. The van der Waals surface area contributed by atoms with E-state index in [2.05, 4.69) is 10.3 Å². The van der Waals surface area contributed by atoms with Gasteiger partial charge in [0.05, 0.1) is 19.6 Å². The Bertz CT molecular complexity index is 1660. The van der Waals surface area contributed by atoms with Gasteiger partial charge in [-0.2, -0.15) is 0 Å². The van der Waals surface area contributed by atoms with Crippen LogP contribution in [-0.4, -0.2) is 77.6 Å². The van der Waals surface area contributed by atoms with Crippen molar-refractivity contribution in [2.45, 2.75) is 64.1 Å². The lowest BCUT2D eigenvalue weighted by molar-refractivity contribution is -0.158. The third kappa shape index (κ3) is 7.75. The smallest absolute Gasteiger partial charge is 0.416 e. The number of likely N-dealkylation sites (tertiary alicyclic amines) is 2. The molecule has 2 saturated heterocycles. The van der Waals surface area contributed by atoms with Crippen LogP contribution >= 0.6 is 0 Å². The van der Waals surface area contributed by atoms with Crippen LogP contribution in [-0.2, 0) is 27.3 Å². The first-order valence-electron chi connectivity index (χ1n) is 16.1. The summed E-state index contributed by atoms with van der Waals surface area (Å²) in [6.45, 7) is 6.24. The molecular formula is C36H42FN5O6. The number of benzene rings is 2. The molecule has 5 rings (SSSR count). The molecule has 2 aliphatic heterocycles. The lowest BCUT2D eigenvalue weighted by Gasteiger charge is -2.47. The number of halogens is 1. The summed E-state index contributed by atoms with van der Waals surface area (Å²) in [5, 5.41) is 2.60. The number of hydrogen-bond acceptors (Lipinski definition) is 7. The zero-order chi connectivity index (χ0) is 34.6. The Morgan fingerprint density at radius 1 is 1.06 bits per heavy atom. The fraction of sp³-hybridized carbons (Fsp3) is 0.417. The minimum absolute atomic E-state index is 0.0786. The maximum absolute atomic E-state index is 13.9. The summed E-state index contributed by atoms with van der Waals surface area (Å²) < 4.78 is 24.9. The van der Waals surface area contributed by atoms with Gasteiger partial charge in [0.2, 0.25) is 11.8 Å². The summed E-state index contributed by atoms with van der Waals surface area (Å²) >= 11 is 0. The Balaban J connectivity index is 1.34. The van der Waals surface area contributed by atoms with Crippen molar-refractivity contribution in [3.05, 3.63) is 89.4 Å². The number of methoxy groups -OCH3 is 1. The first-order valence-corrected chi connectivity index (χ1v) is 16.1. The van der Waals surface area contributed by atoms with Crippen LogP contribution in [0.25, 0.3) is 0 Å². The van der Waals surface area contributed by atoms with Crippen molar-refractivity contribution in [1.29, 1.82) is 0 Å². The summed E-state index contributed by atoms with van der Waals surface area (Å²) in [7, 11) is 3.04. The minimum atomic E-state index is -1.01. The molecule has 1 unspecified atom stereocenters. The number of carbonyl (C=O) groups excluding carboxylic acids is 4. The second kappa shape index (κ2) is 14.4. The second-order valence-corrected chi connectivity index (χ2v) is 13.1. The standard InChI is InChI=1S/C36H42FN5O6/c1-36(2,3)48-35(46)41(21-23-11-13-28(47-5)14-12-23)30-19-24(15-16-39-30)18-29-31(32(43)38-4)42(33(29)44)34(45)40-17-7-9-26(22-40)25-8-6-10-27(37)20-25/h6,8,10-16,19-20,26,29,31H,7,9,17-18,21-22H2,1-5H3,(H,38,43)/t26?,29-,31+/m1/s1.